The Morgan fingerprint density at radius 2 is 2.19 bits per heavy atom. The maximum absolute atomic E-state index is 5.93. The van der Waals surface area contributed by atoms with Crippen molar-refractivity contribution in [2.45, 2.75) is 33.6 Å². The summed E-state index contributed by atoms with van der Waals surface area (Å²) in [6, 6.07) is 8.22. The van der Waals surface area contributed by atoms with Gasteiger partial charge in [-0.2, -0.15) is 0 Å². The van der Waals surface area contributed by atoms with Crippen molar-refractivity contribution in [1.29, 1.82) is 0 Å². The van der Waals surface area contributed by atoms with Crippen LogP contribution in [0.4, 0.5) is 5.69 Å². The predicted molar refractivity (Wildman–Crippen MR) is 91.2 cm³/mol. The van der Waals surface area contributed by atoms with Crippen molar-refractivity contribution in [3.63, 3.8) is 0 Å². The number of hydrogen-bond acceptors (Lipinski definition) is 3. The van der Waals surface area contributed by atoms with Crippen molar-refractivity contribution in [1.82, 2.24) is 4.98 Å². The van der Waals surface area contributed by atoms with Gasteiger partial charge in [-0.3, -0.25) is 4.99 Å². The zero-order valence-corrected chi connectivity index (χ0v) is 13.6. The van der Waals surface area contributed by atoms with E-state index in [1.807, 2.05) is 26.0 Å². The lowest BCUT2D eigenvalue weighted by atomic mass is 10.1. The number of aryl methyl sites for hydroxylation is 3. The van der Waals surface area contributed by atoms with Crippen LogP contribution in [0, 0.1) is 13.8 Å². The van der Waals surface area contributed by atoms with Gasteiger partial charge in [-0.15, -0.1) is 11.3 Å². The molecule has 21 heavy (non-hydrogen) atoms. The van der Waals surface area contributed by atoms with Crippen LogP contribution in [0.15, 0.2) is 29.3 Å². The highest BCUT2D eigenvalue weighted by Crippen LogP contribution is 2.17. The molecule has 0 fully saturated rings. The van der Waals surface area contributed by atoms with Gasteiger partial charge >= 0.3 is 0 Å². The number of rotatable bonds is 5. The summed E-state index contributed by atoms with van der Waals surface area (Å²) in [7, 11) is 0. The third-order valence-corrected chi connectivity index (χ3v) is 4.36. The third-order valence-electron chi connectivity index (χ3n) is 3.23. The highest BCUT2D eigenvalue weighted by atomic mass is 32.1. The highest BCUT2D eigenvalue weighted by molar-refractivity contribution is 7.11. The number of anilines is 1. The van der Waals surface area contributed by atoms with E-state index in [9.17, 15) is 0 Å². The second kappa shape index (κ2) is 7.22. The van der Waals surface area contributed by atoms with E-state index in [1.54, 1.807) is 11.3 Å². The summed E-state index contributed by atoms with van der Waals surface area (Å²) in [4.78, 5) is 10.1. The zero-order valence-electron chi connectivity index (χ0n) is 12.8. The Labute approximate surface area is 130 Å². The lowest BCUT2D eigenvalue weighted by molar-refractivity contribution is 0.965. The van der Waals surface area contributed by atoms with E-state index in [-0.39, 0.29) is 0 Å². The Bertz CT molecular complexity index is 631. The van der Waals surface area contributed by atoms with Crippen molar-refractivity contribution in [3.8, 4) is 0 Å². The minimum Gasteiger partial charge on any atom is -0.370 e. The van der Waals surface area contributed by atoms with Gasteiger partial charge in [-0.25, -0.2) is 4.98 Å². The van der Waals surface area contributed by atoms with Crippen molar-refractivity contribution in [3.05, 3.63) is 45.4 Å². The van der Waals surface area contributed by atoms with Crippen LogP contribution in [-0.4, -0.2) is 17.5 Å². The van der Waals surface area contributed by atoms with Crippen LogP contribution in [0.5, 0.6) is 0 Å². The molecule has 0 bridgehead atoms. The average molecular weight is 302 g/mol. The number of aliphatic imine (C=N–C) groups is 1. The number of benzene rings is 1. The van der Waals surface area contributed by atoms with E-state index < -0.39 is 0 Å². The van der Waals surface area contributed by atoms with Crippen LogP contribution in [0.25, 0.3) is 0 Å². The van der Waals surface area contributed by atoms with E-state index in [1.165, 1.54) is 10.4 Å². The Kier molecular flexibility index (Phi) is 5.33. The molecule has 0 aliphatic rings. The molecule has 1 aromatic carbocycles. The first-order valence-corrected chi connectivity index (χ1v) is 7.99. The molecule has 0 aliphatic carbocycles. The van der Waals surface area contributed by atoms with Crippen LogP contribution < -0.4 is 11.1 Å². The molecule has 0 atom stereocenters. The number of hydrogen-bond donors (Lipinski definition) is 2. The summed E-state index contributed by atoms with van der Waals surface area (Å²) in [6.45, 7) is 6.88. The molecule has 0 spiro atoms. The molecule has 0 radical (unpaired) electrons. The van der Waals surface area contributed by atoms with Crippen LogP contribution >= 0.6 is 11.3 Å². The molecule has 0 amide bonds. The molecule has 0 aliphatic heterocycles. The fourth-order valence-electron chi connectivity index (χ4n) is 2.14. The Morgan fingerprint density at radius 3 is 2.86 bits per heavy atom. The van der Waals surface area contributed by atoms with Gasteiger partial charge in [0.1, 0.15) is 0 Å². The number of nitrogens with zero attached hydrogens (tertiary/aromatic N) is 2. The largest absolute Gasteiger partial charge is 0.370 e. The fraction of sp³-hybridized carbons (Fsp3) is 0.375. The maximum Gasteiger partial charge on any atom is 0.193 e. The Balaban J connectivity index is 1.90. The van der Waals surface area contributed by atoms with E-state index >= 15 is 0 Å². The number of nitrogens with one attached hydrogen (secondary N) is 1. The lowest BCUT2D eigenvalue weighted by Gasteiger charge is -2.07. The number of aromatic nitrogens is 1. The van der Waals surface area contributed by atoms with Gasteiger partial charge in [0.05, 0.1) is 10.7 Å². The van der Waals surface area contributed by atoms with Crippen LogP contribution in [0.1, 0.15) is 28.1 Å². The van der Waals surface area contributed by atoms with Crippen molar-refractivity contribution >= 4 is 23.0 Å². The second-order valence-corrected chi connectivity index (χ2v) is 6.23. The van der Waals surface area contributed by atoms with Crippen LogP contribution in [0.2, 0.25) is 0 Å². The van der Waals surface area contributed by atoms with Gasteiger partial charge in [0.2, 0.25) is 0 Å². The van der Waals surface area contributed by atoms with E-state index in [2.05, 4.69) is 34.3 Å². The molecular weight excluding hydrogens is 280 g/mol. The molecule has 112 valence electrons. The summed E-state index contributed by atoms with van der Waals surface area (Å²) < 4.78 is 0. The zero-order chi connectivity index (χ0) is 15.2. The molecule has 2 rings (SSSR count). The molecule has 1 heterocycles. The van der Waals surface area contributed by atoms with E-state index in [0.29, 0.717) is 12.5 Å². The smallest absolute Gasteiger partial charge is 0.193 e. The van der Waals surface area contributed by atoms with E-state index in [0.717, 1.165) is 29.2 Å². The second-order valence-electron chi connectivity index (χ2n) is 4.94. The summed E-state index contributed by atoms with van der Waals surface area (Å²) in [5.41, 5.74) is 9.31. The summed E-state index contributed by atoms with van der Waals surface area (Å²) in [5, 5.41) is 4.24. The summed E-state index contributed by atoms with van der Waals surface area (Å²) in [6.07, 6.45) is 1.89. The fourth-order valence-corrected chi connectivity index (χ4v) is 3.07. The normalized spacial score (nSPS) is 11.7. The topological polar surface area (TPSA) is 63.3 Å². The van der Waals surface area contributed by atoms with Gasteiger partial charge in [0, 0.05) is 23.5 Å². The monoisotopic (exact) mass is 302 g/mol. The average Bonchev–Trinajstić information content (AvgIpc) is 2.77. The van der Waals surface area contributed by atoms with E-state index in [4.69, 9.17) is 5.73 Å². The minimum absolute atomic E-state index is 0.460. The van der Waals surface area contributed by atoms with Gasteiger partial charge in [-0.1, -0.05) is 19.1 Å². The highest BCUT2D eigenvalue weighted by Gasteiger charge is 2.04. The Morgan fingerprint density at radius 1 is 1.38 bits per heavy atom. The maximum atomic E-state index is 5.93. The molecule has 0 saturated heterocycles. The summed E-state index contributed by atoms with van der Waals surface area (Å²) >= 11 is 1.73. The summed E-state index contributed by atoms with van der Waals surface area (Å²) in [5.74, 6) is 0.460. The van der Waals surface area contributed by atoms with Gasteiger partial charge in [0.25, 0.3) is 0 Å². The van der Waals surface area contributed by atoms with Gasteiger partial charge in [0.15, 0.2) is 5.96 Å². The third kappa shape index (κ3) is 4.56. The van der Waals surface area contributed by atoms with Crippen molar-refractivity contribution in [2.24, 2.45) is 10.7 Å². The van der Waals surface area contributed by atoms with Gasteiger partial charge in [-0.05, 0) is 38.0 Å². The SMILES string of the molecule is CCc1cccc(NC(N)=NCCc2sc(C)nc2C)c1. The molecule has 3 N–H and O–H groups in total. The Hall–Kier alpha value is -1.88. The first-order chi connectivity index (χ1) is 10.1. The minimum atomic E-state index is 0.460. The molecule has 0 unspecified atom stereocenters. The quantitative estimate of drug-likeness (QED) is 0.658. The molecule has 4 nitrogen and oxygen atoms in total. The number of thiazole rings is 1. The first kappa shape index (κ1) is 15.5. The molecule has 2 aromatic rings. The number of nitrogens with two attached hydrogens (primary N) is 1. The van der Waals surface area contributed by atoms with Crippen molar-refractivity contribution < 1.29 is 0 Å². The van der Waals surface area contributed by atoms with Gasteiger partial charge < -0.3 is 11.1 Å². The lowest BCUT2D eigenvalue weighted by Crippen LogP contribution is -2.23. The predicted octanol–water partition coefficient (Wildman–Crippen LogP) is 3.29. The first-order valence-electron chi connectivity index (χ1n) is 7.17. The number of guanidine groups is 1. The molecule has 5 heteroatoms. The molecule has 1 aromatic heterocycles. The molecular formula is C16H22N4S. The van der Waals surface area contributed by atoms with Crippen molar-refractivity contribution in [2.75, 3.05) is 11.9 Å². The standard InChI is InChI=1S/C16H22N4S/c1-4-13-6-5-7-14(10-13)20-16(17)18-9-8-15-11(2)19-12(3)21-15/h5-7,10H,4,8-9H2,1-3H3,(H3,17,18,20). The van der Waals surface area contributed by atoms with Crippen LogP contribution in [0.3, 0.4) is 0 Å². The molecule has 0 saturated carbocycles. The van der Waals surface area contributed by atoms with Crippen LogP contribution in [-0.2, 0) is 12.8 Å².